The third kappa shape index (κ3) is 3.02. The molecular formula is C12H9I2NO4. The number of fused-ring (bicyclic) bond motifs is 1. The maximum Gasteiger partial charge on any atom is 0.352 e. The maximum absolute atomic E-state index is 11.2. The molecule has 1 heterocycles. The Morgan fingerprint density at radius 1 is 1.21 bits per heavy atom. The topological polar surface area (TPSA) is 90.4 Å². The molecule has 1 aromatic carbocycles. The highest BCUT2D eigenvalue weighted by molar-refractivity contribution is 14.1. The summed E-state index contributed by atoms with van der Waals surface area (Å²) in [6.07, 6.45) is 0.114. The highest BCUT2D eigenvalue weighted by Gasteiger charge is 2.19. The van der Waals surface area contributed by atoms with E-state index in [1.807, 2.05) is 12.1 Å². The number of aliphatic carboxylic acids is 1. The molecule has 7 heteroatoms. The van der Waals surface area contributed by atoms with Crippen LogP contribution in [0.25, 0.3) is 10.9 Å². The van der Waals surface area contributed by atoms with Crippen molar-refractivity contribution in [3.8, 4) is 0 Å². The van der Waals surface area contributed by atoms with E-state index in [0.717, 1.165) is 18.0 Å². The summed E-state index contributed by atoms with van der Waals surface area (Å²) in [6.45, 7) is 0. The summed E-state index contributed by atoms with van der Waals surface area (Å²) < 4.78 is 1.92. The van der Waals surface area contributed by atoms with Crippen molar-refractivity contribution in [2.45, 2.75) is 12.8 Å². The number of carboxylic acids is 2. The highest BCUT2D eigenvalue weighted by atomic mass is 127. The first-order chi connectivity index (χ1) is 8.90. The molecule has 0 atom stereocenters. The number of benzene rings is 1. The zero-order valence-electron chi connectivity index (χ0n) is 9.54. The Hall–Kier alpha value is -0.840. The molecule has 0 fully saturated rings. The van der Waals surface area contributed by atoms with Gasteiger partial charge in [-0.2, -0.15) is 0 Å². The minimum Gasteiger partial charge on any atom is -0.481 e. The molecule has 0 saturated heterocycles. The lowest BCUT2D eigenvalue weighted by Crippen LogP contribution is -2.04. The number of rotatable bonds is 4. The van der Waals surface area contributed by atoms with Gasteiger partial charge in [0, 0.05) is 24.5 Å². The van der Waals surface area contributed by atoms with E-state index < -0.39 is 11.9 Å². The largest absolute Gasteiger partial charge is 0.481 e. The van der Waals surface area contributed by atoms with Crippen LogP contribution in [-0.4, -0.2) is 27.1 Å². The Balaban J connectivity index is 2.65. The van der Waals surface area contributed by atoms with Crippen LogP contribution in [0, 0.1) is 7.14 Å². The van der Waals surface area contributed by atoms with Gasteiger partial charge >= 0.3 is 11.9 Å². The molecule has 0 aliphatic carbocycles. The van der Waals surface area contributed by atoms with Gasteiger partial charge in [0.1, 0.15) is 5.69 Å². The number of H-pyrrole nitrogens is 1. The Bertz CT molecular complexity index is 678. The van der Waals surface area contributed by atoms with Crippen LogP contribution in [0.1, 0.15) is 22.5 Å². The summed E-state index contributed by atoms with van der Waals surface area (Å²) in [5.74, 6) is -2.01. The first kappa shape index (κ1) is 14.6. The molecule has 0 saturated carbocycles. The number of aromatic amines is 1. The Kier molecular flexibility index (Phi) is 4.33. The van der Waals surface area contributed by atoms with Gasteiger partial charge in [-0.3, -0.25) is 4.79 Å². The zero-order valence-corrected chi connectivity index (χ0v) is 13.9. The quantitative estimate of drug-likeness (QED) is 0.582. The summed E-state index contributed by atoms with van der Waals surface area (Å²) in [7, 11) is 0. The summed E-state index contributed by atoms with van der Waals surface area (Å²) in [5.41, 5.74) is 1.37. The molecular weight excluding hydrogens is 476 g/mol. The van der Waals surface area contributed by atoms with Crippen LogP contribution < -0.4 is 0 Å². The molecule has 5 nitrogen and oxygen atoms in total. The standard InChI is InChI=1S/C12H9I2NO4/c13-5-3-7(14)10-6(1-2-9(16)17)11(12(18)19)15-8(10)4-5/h3-4,15H,1-2H2,(H,16,17)(H,18,19). The fraction of sp³-hybridized carbons (Fsp3) is 0.167. The van der Waals surface area contributed by atoms with Crippen molar-refractivity contribution < 1.29 is 19.8 Å². The van der Waals surface area contributed by atoms with E-state index in [1.165, 1.54) is 0 Å². The summed E-state index contributed by atoms with van der Waals surface area (Å²) in [5, 5.41) is 18.8. The number of aromatic nitrogens is 1. The van der Waals surface area contributed by atoms with Crippen molar-refractivity contribution >= 4 is 68.0 Å². The number of halogens is 2. The number of aromatic carboxylic acids is 1. The Morgan fingerprint density at radius 3 is 2.47 bits per heavy atom. The van der Waals surface area contributed by atoms with Crippen LogP contribution in [0.15, 0.2) is 12.1 Å². The number of hydrogen-bond donors (Lipinski definition) is 3. The van der Waals surface area contributed by atoms with Gasteiger partial charge in [0.05, 0.1) is 0 Å². The number of nitrogens with one attached hydrogen (secondary N) is 1. The minimum absolute atomic E-state index is 0.0798. The van der Waals surface area contributed by atoms with E-state index in [0.29, 0.717) is 5.56 Å². The monoisotopic (exact) mass is 485 g/mol. The lowest BCUT2D eigenvalue weighted by molar-refractivity contribution is -0.136. The van der Waals surface area contributed by atoms with Gasteiger partial charge in [0.2, 0.25) is 0 Å². The molecule has 2 rings (SSSR count). The third-order valence-electron chi connectivity index (χ3n) is 2.72. The van der Waals surface area contributed by atoms with Crippen LogP contribution in [0.2, 0.25) is 0 Å². The molecule has 19 heavy (non-hydrogen) atoms. The van der Waals surface area contributed by atoms with Crippen molar-refractivity contribution in [1.82, 2.24) is 4.98 Å². The number of carboxylic acid groups (broad SMARTS) is 2. The van der Waals surface area contributed by atoms with Crippen LogP contribution in [-0.2, 0) is 11.2 Å². The van der Waals surface area contributed by atoms with E-state index in [4.69, 9.17) is 5.11 Å². The molecule has 0 aliphatic rings. The first-order valence-corrected chi connectivity index (χ1v) is 7.50. The van der Waals surface area contributed by atoms with Gasteiger partial charge in [0.25, 0.3) is 0 Å². The molecule has 0 bridgehead atoms. The highest BCUT2D eigenvalue weighted by Crippen LogP contribution is 2.30. The summed E-state index contributed by atoms with van der Waals surface area (Å²) in [4.78, 5) is 24.8. The van der Waals surface area contributed by atoms with Crippen molar-refractivity contribution in [2.24, 2.45) is 0 Å². The first-order valence-electron chi connectivity index (χ1n) is 5.35. The summed E-state index contributed by atoms with van der Waals surface area (Å²) >= 11 is 4.30. The molecule has 3 N–H and O–H groups in total. The van der Waals surface area contributed by atoms with Gasteiger partial charge in [-0.15, -0.1) is 0 Å². The van der Waals surface area contributed by atoms with Gasteiger partial charge in [-0.25, -0.2) is 4.79 Å². The predicted octanol–water partition coefficient (Wildman–Crippen LogP) is 3.09. The normalized spacial score (nSPS) is 10.8. The average Bonchev–Trinajstić information content (AvgIpc) is 2.64. The number of aryl methyl sites for hydroxylation is 1. The van der Waals surface area contributed by atoms with Crippen molar-refractivity contribution in [3.05, 3.63) is 30.5 Å². The van der Waals surface area contributed by atoms with Gasteiger partial charge < -0.3 is 15.2 Å². The van der Waals surface area contributed by atoms with Crippen molar-refractivity contribution in [1.29, 1.82) is 0 Å². The number of carbonyl (C=O) groups is 2. The smallest absolute Gasteiger partial charge is 0.352 e. The van der Waals surface area contributed by atoms with E-state index >= 15 is 0 Å². The van der Waals surface area contributed by atoms with E-state index in [2.05, 4.69) is 50.2 Å². The van der Waals surface area contributed by atoms with Gasteiger partial charge in [0.15, 0.2) is 0 Å². The molecule has 0 amide bonds. The average molecular weight is 485 g/mol. The second-order valence-electron chi connectivity index (χ2n) is 3.99. The summed E-state index contributed by atoms with van der Waals surface area (Å²) in [6, 6.07) is 3.79. The van der Waals surface area contributed by atoms with E-state index in [9.17, 15) is 14.7 Å². The third-order valence-corrected chi connectivity index (χ3v) is 4.19. The van der Waals surface area contributed by atoms with Crippen LogP contribution in [0.4, 0.5) is 0 Å². The fourth-order valence-corrected chi connectivity index (χ4v) is 4.15. The molecule has 1 aromatic heterocycles. The van der Waals surface area contributed by atoms with Crippen LogP contribution >= 0.6 is 45.2 Å². The zero-order chi connectivity index (χ0) is 14.2. The van der Waals surface area contributed by atoms with Crippen LogP contribution in [0.5, 0.6) is 0 Å². The van der Waals surface area contributed by atoms with Gasteiger partial charge in [-0.1, -0.05) is 0 Å². The predicted molar refractivity (Wildman–Crippen MR) is 86.6 cm³/mol. The molecule has 100 valence electrons. The molecule has 0 spiro atoms. The molecule has 0 aliphatic heterocycles. The molecule has 0 radical (unpaired) electrons. The second kappa shape index (κ2) is 5.65. The number of hydrogen-bond acceptors (Lipinski definition) is 2. The van der Waals surface area contributed by atoms with E-state index in [-0.39, 0.29) is 18.5 Å². The lowest BCUT2D eigenvalue weighted by atomic mass is 10.1. The maximum atomic E-state index is 11.2. The minimum atomic E-state index is -1.07. The molecule has 2 aromatic rings. The van der Waals surface area contributed by atoms with Crippen LogP contribution in [0.3, 0.4) is 0 Å². The Morgan fingerprint density at radius 2 is 1.89 bits per heavy atom. The van der Waals surface area contributed by atoms with E-state index in [1.54, 1.807) is 0 Å². The molecule has 0 unspecified atom stereocenters. The van der Waals surface area contributed by atoms with Crippen molar-refractivity contribution in [2.75, 3.05) is 0 Å². The second-order valence-corrected chi connectivity index (χ2v) is 6.40. The lowest BCUT2D eigenvalue weighted by Gasteiger charge is -2.02. The Labute approximate surface area is 135 Å². The fourth-order valence-electron chi connectivity index (χ4n) is 1.98. The SMILES string of the molecule is O=C(O)CCc1c(C(=O)O)[nH]c2cc(I)cc(I)c12. The van der Waals surface area contributed by atoms with Gasteiger partial charge in [-0.05, 0) is 69.3 Å². The van der Waals surface area contributed by atoms with Crippen molar-refractivity contribution in [3.63, 3.8) is 0 Å².